The van der Waals surface area contributed by atoms with Gasteiger partial charge in [0, 0.05) is 11.8 Å². The highest BCUT2D eigenvalue weighted by Crippen LogP contribution is 2.49. The SMILES string of the molecule is O=C1[C@@H]2[C@@H](C(=O)N1CCOCc1ccccc1)[C@H](c1ccccc1)C=C[C@@H]2c1ccccc1. The summed E-state index contributed by atoms with van der Waals surface area (Å²) in [4.78, 5) is 28.6. The van der Waals surface area contributed by atoms with Crippen molar-refractivity contribution in [3.05, 3.63) is 120 Å². The van der Waals surface area contributed by atoms with Gasteiger partial charge in [0.2, 0.25) is 11.8 Å². The van der Waals surface area contributed by atoms with Crippen LogP contribution in [0.15, 0.2) is 103 Å². The molecular weight excluding hydrogens is 410 g/mol. The van der Waals surface area contributed by atoms with Crippen LogP contribution in [0.3, 0.4) is 0 Å². The maximum atomic E-state index is 13.6. The van der Waals surface area contributed by atoms with Crippen LogP contribution in [0.2, 0.25) is 0 Å². The minimum absolute atomic E-state index is 0.0903. The Bertz CT molecular complexity index is 1060. The molecule has 4 heteroatoms. The second-order valence-corrected chi connectivity index (χ2v) is 8.68. The number of amides is 2. The Morgan fingerprint density at radius 3 is 1.58 bits per heavy atom. The summed E-state index contributed by atoms with van der Waals surface area (Å²) in [6.07, 6.45) is 4.24. The molecule has 5 rings (SSSR count). The summed E-state index contributed by atoms with van der Waals surface area (Å²) >= 11 is 0. The van der Waals surface area contributed by atoms with E-state index in [-0.39, 0.29) is 30.2 Å². The molecule has 1 saturated heterocycles. The van der Waals surface area contributed by atoms with Gasteiger partial charge in [-0.15, -0.1) is 0 Å². The molecule has 0 N–H and O–H groups in total. The van der Waals surface area contributed by atoms with Crippen LogP contribution in [0, 0.1) is 11.8 Å². The van der Waals surface area contributed by atoms with Crippen LogP contribution in [0.5, 0.6) is 0 Å². The summed E-state index contributed by atoms with van der Waals surface area (Å²) in [7, 11) is 0. The molecule has 0 unspecified atom stereocenters. The number of ether oxygens (including phenoxy) is 1. The fourth-order valence-electron chi connectivity index (χ4n) is 5.14. The average molecular weight is 438 g/mol. The van der Waals surface area contributed by atoms with E-state index in [4.69, 9.17) is 4.74 Å². The first kappa shape index (κ1) is 21.4. The first-order chi connectivity index (χ1) is 16.2. The minimum Gasteiger partial charge on any atom is -0.375 e. The predicted octanol–water partition coefficient (Wildman–Crippen LogP) is 4.94. The maximum absolute atomic E-state index is 13.6. The maximum Gasteiger partial charge on any atom is 0.234 e. The molecule has 166 valence electrons. The highest BCUT2D eigenvalue weighted by molar-refractivity contribution is 6.06. The second kappa shape index (κ2) is 9.55. The summed E-state index contributed by atoms with van der Waals surface area (Å²) in [5.74, 6) is -1.20. The Morgan fingerprint density at radius 2 is 1.09 bits per heavy atom. The lowest BCUT2D eigenvalue weighted by Crippen LogP contribution is -2.34. The molecular formula is C29H27NO3. The average Bonchev–Trinajstić information content (AvgIpc) is 3.13. The van der Waals surface area contributed by atoms with Crippen molar-refractivity contribution >= 4 is 11.8 Å². The Kier molecular flexibility index (Phi) is 6.18. The summed E-state index contributed by atoms with van der Waals surface area (Å²) < 4.78 is 5.79. The van der Waals surface area contributed by atoms with Crippen LogP contribution in [0.25, 0.3) is 0 Å². The summed E-state index contributed by atoms with van der Waals surface area (Å²) in [5.41, 5.74) is 3.21. The topological polar surface area (TPSA) is 46.6 Å². The monoisotopic (exact) mass is 437 g/mol. The van der Waals surface area contributed by atoms with Crippen molar-refractivity contribution < 1.29 is 14.3 Å². The molecule has 4 atom stereocenters. The second-order valence-electron chi connectivity index (χ2n) is 8.68. The van der Waals surface area contributed by atoms with E-state index in [1.165, 1.54) is 4.90 Å². The van der Waals surface area contributed by atoms with Crippen LogP contribution < -0.4 is 0 Å². The molecule has 33 heavy (non-hydrogen) atoms. The molecule has 3 aromatic rings. The van der Waals surface area contributed by atoms with E-state index >= 15 is 0 Å². The predicted molar refractivity (Wildman–Crippen MR) is 127 cm³/mol. The summed E-state index contributed by atoms with van der Waals surface area (Å²) in [6.45, 7) is 1.07. The molecule has 0 spiro atoms. The Hall–Kier alpha value is -3.50. The third kappa shape index (κ3) is 4.27. The quantitative estimate of drug-likeness (QED) is 0.299. The molecule has 0 saturated carbocycles. The lowest BCUT2D eigenvalue weighted by molar-refractivity contribution is -0.140. The number of hydrogen-bond donors (Lipinski definition) is 0. The first-order valence-corrected chi connectivity index (χ1v) is 11.5. The standard InChI is InChI=1S/C29H27NO3/c31-28-26-24(22-12-6-2-7-13-22)16-17-25(23-14-8-3-9-15-23)27(26)29(32)30(28)18-19-33-20-21-10-4-1-5-11-21/h1-17,24-27H,18-20H2/t24-,25+,26-,27-/m0/s1. The Morgan fingerprint density at radius 1 is 0.636 bits per heavy atom. The van der Waals surface area contributed by atoms with Crippen molar-refractivity contribution in [2.75, 3.05) is 13.2 Å². The van der Waals surface area contributed by atoms with Gasteiger partial charge in [-0.3, -0.25) is 14.5 Å². The van der Waals surface area contributed by atoms with E-state index in [1.807, 2.05) is 91.0 Å². The number of benzene rings is 3. The van der Waals surface area contributed by atoms with Crippen molar-refractivity contribution in [3.8, 4) is 0 Å². The first-order valence-electron chi connectivity index (χ1n) is 11.5. The molecule has 0 aromatic heterocycles. The fraction of sp³-hybridized carbons (Fsp3) is 0.241. The number of allylic oxidation sites excluding steroid dienone is 2. The smallest absolute Gasteiger partial charge is 0.234 e. The summed E-state index contributed by atoms with van der Waals surface area (Å²) in [5, 5.41) is 0. The number of imide groups is 1. The van der Waals surface area contributed by atoms with Crippen LogP contribution >= 0.6 is 0 Å². The van der Waals surface area contributed by atoms with Gasteiger partial charge in [0.1, 0.15) is 0 Å². The Labute approximate surface area is 194 Å². The van der Waals surface area contributed by atoms with Gasteiger partial charge in [-0.25, -0.2) is 0 Å². The zero-order valence-corrected chi connectivity index (χ0v) is 18.4. The highest BCUT2D eigenvalue weighted by Gasteiger charge is 2.54. The number of fused-ring (bicyclic) bond motifs is 1. The number of rotatable bonds is 7. The number of likely N-dealkylation sites (tertiary alicyclic amines) is 1. The van der Waals surface area contributed by atoms with Gasteiger partial charge in [-0.1, -0.05) is 103 Å². The van der Waals surface area contributed by atoms with Crippen molar-refractivity contribution in [2.45, 2.75) is 18.4 Å². The van der Waals surface area contributed by atoms with Gasteiger partial charge < -0.3 is 4.74 Å². The van der Waals surface area contributed by atoms with E-state index in [1.54, 1.807) is 0 Å². The van der Waals surface area contributed by atoms with E-state index in [9.17, 15) is 9.59 Å². The zero-order chi connectivity index (χ0) is 22.6. The van der Waals surface area contributed by atoms with Gasteiger partial charge in [-0.05, 0) is 16.7 Å². The lowest BCUT2D eigenvalue weighted by atomic mass is 9.68. The van der Waals surface area contributed by atoms with Crippen LogP contribution in [-0.4, -0.2) is 29.9 Å². The molecule has 2 amide bonds. The van der Waals surface area contributed by atoms with Gasteiger partial charge >= 0.3 is 0 Å². The molecule has 3 aromatic carbocycles. The third-order valence-corrected chi connectivity index (χ3v) is 6.73. The van der Waals surface area contributed by atoms with E-state index in [2.05, 4.69) is 12.2 Å². The number of carbonyl (C=O) groups is 2. The highest BCUT2D eigenvalue weighted by atomic mass is 16.5. The van der Waals surface area contributed by atoms with Gasteiger partial charge in [0.05, 0.1) is 31.6 Å². The van der Waals surface area contributed by atoms with Crippen molar-refractivity contribution in [1.82, 2.24) is 4.90 Å². The normalized spacial score (nSPS) is 24.2. The van der Waals surface area contributed by atoms with Crippen LogP contribution in [0.1, 0.15) is 28.5 Å². The minimum atomic E-state index is -0.399. The van der Waals surface area contributed by atoms with Crippen LogP contribution in [-0.2, 0) is 20.9 Å². The molecule has 1 aliphatic carbocycles. The molecule has 1 fully saturated rings. The van der Waals surface area contributed by atoms with Crippen LogP contribution in [0.4, 0.5) is 0 Å². The molecule has 4 nitrogen and oxygen atoms in total. The van der Waals surface area contributed by atoms with E-state index in [0.717, 1.165) is 16.7 Å². The van der Waals surface area contributed by atoms with Gasteiger partial charge in [0.15, 0.2) is 0 Å². The molecule has 0 bridgehead atoms. The summed E-state index contributed by atoms with van der Waals surface area (Å²) in [6, 6.07) is 29.9. The van der Waals surface area contributed by atoms with Gasteiger partial charge in [-0.2, -0.15) is 0 Å². The molecule has 2 aliphatic rings. The number of carbonyl (C=O) groups excluding carboxylic acids is 2. The number of hydrogen-bond acceptors (Lipinski definition) is 3. The molecule has 1 aliphatic heterocycles. The zero-order valence-electron chi connectivity index (χ0n) is 18.4. The van der Waals surface area contributed by atoms with Crippen molar-refractivity contribution in [3.63, 3.8) is 0 Å². The van der Waals surface area contributed by atoms with Crippen molar-refractivity contribution in [1.29, 1.82) is 0 Å². The largest absolute Gasteiger partial charge is 0.375 e. The molecule has 0 radical (unpaired) electrons. The van der Waals surface area contributed by atoms with E-state index < -0.39 is 11.8 Å². The lowest BCUT2D eigenvalue weighted by Gasteiger charge is -2.32. The Balaban J connectivity index is 1.38. The fourth-order valence-corrected chi connectivity index (χ4v) is 5.14. The number of nitrogens with zero attached hydrogens (tertiary/aromatic N) is 1. The van der Waals surface area contributed by atoms with Crippen molar-refractivity contribution in [2.24, 2.45) is 11.8 Å². The van der Waals surface area contributed by atoms with Gasteiger partial charge in [0.25, 0.3) is 0 Å². The third-order valence-electron chi connectivity index (χ3n) is 6.73. The van der Waals surface area contributed by atoms with E-state index in [0.29, 0.717) is 13.2 Å². The molecule has 1 heterocycles.